The highest BCUT2D eigenvalue weighted by molar-refractivity contribution is 5.53. The van der Waals surface area contributed by atoms with E-state index in [1.807, 2.05) is 14.1 Å². The van der Waals surface area contributed by atoms with Crippen molar-refractivity contribution in [2.45, 2.75) is 0 Å². The molecule has 0 fully saturated rings. The third-order valence-electron chi connectivity index (χ3n) is 0.372. The summed E-state index contributed by atoms with van der Waals surface area (Å²) in [6.07, 6.45) is 1.20. The van der Waals surface area contributed by atoms with Crippen LogP contribution in [0.5, 0.6) is 0 Å². The van der Waals surface area contributed by atoms with Crippen LogP contribution in [0.1, 0.15) is 0 Å². The van der Waals surface area contributed by atoms with Crippen LogP contribution < -0.4 is 5.32 Å². The van der Waals surface area contributed by atoms with Crippen LogP contribution in [0.25, 0.3) is 0 Å². The van der Waals surface area contributed by atoms with Crippen molar-refractivity contribution in [3.05, 3.63) is 0 Å². The van der Waals surface area contributed by atoms with Gasteiger partial charge in [0, 0.05) is 0 Å². The molecule has 0 saturated heterocycles. The van der Waals surface area contributed by atoms with E-state index in [1.165, 1.54) is 0 Å². The Morgan fingerprint density at radius 3 is 1.70 bits per heavy atom. The predicted molar refractivity (Wildman–Crippen MR) is 37.9 cm³/mol. The molecule has 0 aliphatic rings. The number of aldehydes is 2. The molecule has 0 bridgehead atoms. The maximum Gasteiger partial charge on any atom is 0.145 e. The van der Waals surface area contributed by atoms with Crippen LogP contribution in [0.15, 0.2) is 0 Å². The Balaban J connectivity index is 0. The minimum Gasteiger partial charge on any atom is -0.367 e. The van der Waals surface area contributed by atoms with Gasteiger partial charge < -0.3 is 19.6 Å². The topological polar surface area (TPSA) is 55.4 Å². The number of hydrogen-bond donors (Lipinski definition) is 1. The van der Waals surface area contributed by atoms with Gasteiger partial charge in [-0.1, -0.05) is 0 Å². The van der Waals surface area contributed by atoms with Crippen molar-refractivity contribution in [2.24, 2.45) is 0 Å². The Labute approximate surface area is 60.6 Å². The third-order valence-corrected chi connectivity index (χ3v) is 0.372. The molecule has 0 aromatic heterocycles. The highest BCUT2D eigenvalue weighted by Crippen LogP contribution is 1.61. The van der Waals surface area contributed by atoms with Gasteiger partial charge in [0.2, 0.25) is 0 Å². The summed E-state index contributed by atoms with van der Waals surface area (Å²) in [6.45, 7) is 0.0253. The lowest BCUT2D eigenvalue weighted by Gasteiger charge is -1.85. The van der Waals surface area contributed by atoms with E-state index >= 15 is 0 Å². The molecule has 0 heterocycles. The van der Waals surface area contributed by atoms with Gasteiger partial charge >= 0.3 is 0 Å². The molecular formula is C6H13NO3. The Kier molecular flexibility index (Phi) is 18.9. The molecule has 0 aliphatic carbocycles. The van der Waals surface area contributed by atoms with E-state index in [0.29, 0.717) is 12.6 Å². The molecule has 1 N–H and O–H groups in total. The molecule has 0 aromatic carbocycles. The van der Waals surface area contributed by atoms with Gasteiger partial charge in [-0.15, -0.1) is 0 Å². The summed E-state index contributed by atoms with van der Waals surface area (Å²) in [7, 11) is 3.75. The molecule has 4 heteroatoms. The quantitative estimate of drug-likeness (QED) is 0.419. The third kappa shape index (κ3) is 26.8. The lowest BCUT2D eigenvalue weighted by Crippen LogP contribution is -1.97. The molecule has 4 nitrogen and oxygen atoms in total. The fourth-order valence-electron chi connectivity index (χ4n) is 0.164. The van der Waals surface area contributed by atoms with E-state index in [-0.39, 0.29) is 13.2 Å². The van der Waals surface area contributed by atoms with Crippen LogP contribution in [0.4, 0.5) is 0 Å². The molecule has 0 unspecified atom stereocenters. The number of carbonyl (C=O) groups is 2. The van der Waals surface area contributed by atoms with Crippen molar-refractivity contribution in [3.8, 4) is 0 Å². The summed E-state index contributed by atoms with van der Waals surface area (Å²) in [5.74, 6) is 0. The number of rotatable bonds is 4. The summed E-state index contributed by atoms with van der Waals surface area (Å²) in [5.41, 5.74) is 0. The van der Waals surface area contributed by atoms with Gasteiger partial charge in [-0.05, 0) is 14.1 Å². The van der Waals surface area contributed by atoms with Crippen LogP contribution in [-0.2, 0) is 14.3 Å². The fraction of sp³-hybridized carbons (Fsp3) is 0.667. The largest absolute Gasteiger partial charge is 0.367 e. The average molecular weight is 147 g/mol. The predicted octanol–water partition coefficient (Wildman–Crippen LogP) is -0.764. The van der Waals surface area contributed by atoms with Crippen molar-refractivity contribution < 1.29 is 14.3 Å². The first-order valence-corrected chi connectivity index (χ1v) is 2.87. The second kappa shape index (κ2) is 15.7. The Morgan fingerprint density at radius 2 is 1.50 bits per heavy atom. The van der Waals surface area contributed by atoms with Gasteiger partial charge in [0.15, 0.2) is 0 Å². The maximum absolute atomic E-state index is 9.44. The van der Waals surface area contributed by atoms with E-state index < -0.39 is 0 Å². The van der Waals surface area contributed by atoms with Crippen LogP contribution in [-0.4, -0.2) is 39.9 Å². The molecule has 0 amide bonds. The lowest BCUT2D eigenvalue weighted by atomic mass is 10.8. The average Bonchev–Trinajstić information content (AvgIpc) is 1.91. The van der Waals surface area contributed by atoms with Crippen LogP contribution in [0, 0.1) is 0 Å². The Bertz CT molecular complexity index is 67.4. The monoisotopic (exact) mass is 147 g/mol. The van der Waals surface area contributed by atoms with Gasteiger partial charge in [0.1, 0.15) is 25.8 Å². The molecule has 0 aliphatic heterocycles. The summed E-state index contributed by atoms with van der Waals surface area (Å²) >= 11 is 0. The normalized spacial score (nSPS) is 7.40. The van der Waals surface area contributed by atoms with Crippen LogP contribution >= 0.6 is 0 Å². The summed E-state index contributed by atoms with van der Waals surface area (Å²) in [4.78, 5) is 18.9. The van der Waals surface area contributed by atoms with E-state index in [1.54, 1.807) is 0 Å². The fourth-order valence-corrected chi connectivity index (χ4v) is 0.164. The molecule has 10 heavy (non-hydrogen) atoms. The maximum atomic E-state index is 9.44. The number of carbonyl (C=O) groups excluding carboxylic acids is 2. The van der Waals surface area contributed by atoms with E-state index in [0.717, 1.165) is 0 Å². The number of hydrogen-bond acceptors (Lipinski definition) is 4. The highest BCUT2D eigenvalue weighted by atomic mass is 16.5. The molecule has 0 saturated carbocycles. The number of nitrogens with one attached hydrogen (secondary N) is 1. The SMILES string of the molecule is CNC.O=CCOCC=O. The highest BCUT2D eigenvalue weighted by Gasteiger charge is 1.77. The number of ether oxygens (including phenoxy) is 1. The van der Waals surface area contributed by atoms with Gasteiger partial charge in [-0.2, -0.15) is 0 Å². The molecule has 0 rings (SSSR count). The molecule has 60 valence electrons. The minimum absolute atomic E-state index is 0.0126. The first kappa shape index (κ1) is 12.0. The van der Waals surface area contributed by atoms with Gasteiger partial charge in [-0.3, -0.25) is 0 Å². The smallest absolute Gasteiger partial charge is 0.145 e. The first-order chi connectivity index (χ1) is 4.83. The van der Waals surface area contributed by atoms with Crippen molar-refractivity contribution in [3.63, 3.8) is 0 Å². The molecule has 0 aromatic rings. The van der Waals surface area contributed by atoms with Gasteiger partial charge in [0.05, 0.1) is 0 Å². The standard InChI is InChI=1S/C4H6O3.C2H7N/c5-1-3-7-4-2-6;1-3-2/h1-2H,3-4H2;3H,1-2H3. The van der Waals surface area contributed by atoms with E-state index in [4.69, 9.17) is 0 Å². The van der Waals surface area contributed by atoms with E-state index in [9.17, 15) is 9.59 Å². The molecule has 0 atom stereocenters. The van der Waals surface area contributed by atoms with Crippen molar-refractivity contribution in [1.29, 1.82) is 0 Å². The summed E-state index contributed by atoms with van der Waals surface area (Å²) in [5, 5.41) is 2.75. The van der Waals surface area contributed by atoms with Crippen molar-refractivity contribution >= 4 is 12.6 Å². The van der Waals surface area contributed by atoms with E-state index in [2.05, 4.69) is 10.1 Å². The second-order valence-corrected chi connectivity index (χ2v) is 1.37. The van der Waals surface area contributed by atoms with Gasteiger partial charge in [-0.25, -0.2) is 0 Å². The minimum atomic E-state index is 0.0126. The molecule has 0 radical (unpaired) electrons. The summed E-state index contributed by atoms with van der Waals surface area (Å²) < 4.78 is 4.40. The Morgan fingerprint density at radius 1 is 1.20 bits per heavy atom. The van der Waals surface area contributed by atoms with Crippen LogP contribution in [0.3, 0.4) is 0 Å². The Hall–Kier alpha value is -0.740. The lowest BCUT2D eigenvalue weighted by molar-refractivity contribution is -0.116. The molecular weight excluding hydrogens is 134 g/mol. The first-order valence-electron chi connectivity index (χ1n) is 2.87. The van der Waals surface area contributed by atoms with Crippen molar-refractivity contribution in [2.75, 3.05) is 27.3 Å². The van der Waals surface area contributed by atoms with Gasteiger partial charge in [0.25, 0.3) is 0 Å². The summed E-state index contributed by atoms with van der Waals surface area (Å²) in [6, 6.07) is 0. The zero-order valence-electron chi connectivity index (χ0n) is 6.29. The van der Waals surface area contributed by atoms with Crippen LogP contribution in [0.2, 0.25) is 0 Å². The zero-order valence-corrected chi connectivity index (χ0v) is 6.29. The van der Waals surface area contributed by atoms with Crippen molar-refractivity contribution in [1.82, 2.24) is 5.32 Å². The molecule has 0 spiro atoms. The second-order valence-electron chi connectivity index (χ2n) is 1.37. The zero-order chi connectivity index (χ0) is 8.24.